The average molecular weight is 440 g/mol. The Bertz CT molecular complexity index is 1110. The van der Waals surface area contributed by atoms with E-state index in [0.717, 1.165) is 17.8 Å². The lowest BCUT2D eigenvalue weighted by Gasteiger charge is -2.14. The van der Waals surface area contributed by atoms with Crippen molar-refractivity contribution in [2.24, 2.45) is 0 Å². The zero-order valence-electron chi connectivity index (χ0n) is 16.6. The Morgan fingerprint density at radius 1 is 1.23 bits per heavy atom. The summed E-state index contributed by atoms with van der Waals surface area (Å²) in [5, 5.41) is 3.69. The summed E-state index contributed by atoms with van der Waals surface area (Å²) in [6.07, 6.45) is 0.752. The predicted molar refractivity (Wildman–Crippen MR) is 121 cm³/mol. The number of methoxy groups -OCH3 is 1. The lowest BCUT2D eigenvalue weighted by atomic mass is 10.2. The van der Waals surface area contributed by atoms with Crippen molar-refractivity contribution in [3.63, 3.8) is 0 Å². The fourth-order valence-corrected chi connectivity index (χ4v) is 5.13. The fraction of sp³-hybridized carbons (Fsp3) is 0.227. The second-order valence-corrected chi connectivity index (χ2v) is 9.24. The molecule has 1 aliphatic rings. The molecule has 0 aliphatic carbocycles. The number of carbonyl (C=O) groups is 1. The highest BCUT2D eigenvalue weighted by Crippen LogP contribution is 2.35. The van der Waals surface area contributed by atoms with E-state index in [0.29, 0.717) is 26.7 Å². The number of nitrogens with one attached hydrogen (secondary N) is 1. The van der Waals surface area contributed by atoms with Crippen molar-refractivity contribution in [3.8, 4) is 11.4 Å². The SMILES string of the molecule is COc1ccc(-n2c(SCC(=O)Nc3ccccc3)nc3c(c2=O)SC(C)C3)cc1. The number of ether oxygens (including phenoxy) is 1. The molecule has 154 valence electrons. The van der Waals surface area contributed by atoms with Gasteiger partial charge in [0.25, 0.3) is 5.56 Å². The van der Waals surface area contributed by atoms with Crippen molar-refractivity contribution in [1.29, 1.82) is 0 Å². The van der Waals surface area contributed by atoms with Crippen molar-refractivity contribution in [2.45, 2.75) is 28.6 Å². The molecule has 0 bridgehead atoms. The topological polar surface area (TPSA) is 73.2 Å². The van der Waals surface area contributed by atoms with Crippen LogP contribution in [0.3, 0.4) is 0 Å². The molecule has 30 heavy (non-hydrogen) atoms. The molecule has 0 fully saturated rings. The van der Waals surface area contributed by atoms with Crippen molar-refractivity contribution in [3.05, 3.63) is 70.6 Å². The molecular weight excluding hydrogens is 418 g/mol. The van der Waals surface area contributed by atoms with Gasteiger partial charge in [-0.05, 0) is 36.4 Å². The normalized spacial score (nSPS) is 14.9. The maximum absolute atomic E-state index is 13.3. The standard InChI is InChI=1S/C22H21N3O3S2/c1-14-12-18-20(30-14)21(27)25(16-8-10-17(28-2)11-9-16)22(24-18)29-13-19(26)23-15-6-4-3-5-7-15/h3-11,14H,12-13H2,1-2H3,(H,23,26). The molecule has 2 heterocycles. The van der Waals surface area contributed by atoms with Crippen LogP contribution in [-0.4, -0.2) is 33.6 Å². The quantitative estimate of drug-likeness (QED) is 0.462. The van der Waals surface area contributed by atoms with Crippen LogP contribution in [-0.2, 0) is 11.2 Å². The summed E-state index contributed by atoms with van der Waals surface area (Å²) in [6.45, 7) is 2.09. The highest BCUT2D eigenvalue weighted by atomic mass is 32.2. The van der Waals surface area contributed by atoms with E-state index >= 15 is 0 Å². The Morgan fingerprint density at radius 3 is 2.67 bits per heavy atom. The molecule has 2 aromatic carbocycles. The van der Waals surface area contributed by atoms with Crippen molar-refractivity contribution >= 4 is 35.1 Å². The van der Waals surface area contributed by atoms with Crippen LogP contribution in [0.25, 0.3) is 5.69 Å². The minimum atomic E-state index is -0.148. The van der Waals surface area contributed by atoms with Crippen LogP contribution in [0.5, 0.6) is 5.75 Å². The molecule has 1 atom stereocenters. The largest absolute Gasteiger partial charge is 0.497 e. The number of anilines is 1. The molecule has 4 rings (SSSR count). The number of carbonyl (C=O) groups excluding carboxylic acids is 1. The maximum Gasteiger partial charge on any atom is 0.272 e. The van der Waals surface area contributed by atoms with Gasteiger partial charge in [-0.1, -0.05) is 36.9 Å². The fourth-order valence-electron chi connectivity index (χ4n) is 3.20. The molecular formula is C22H21N3O3S2. The van der Waals surface area contributed by atoms with Gasteiger partial charge in [-0.2, -0.15) is 0 Å². The van der Waals surface area contributed by atoms with Crippen molar-refractivity contribution in [1.82, 2.24) is 9.55 Å². The molecule has 1 N–H and O–H groups in total. The molecule has 1 amide bonds. The number of hydrogen-bond acceptors (Lipinski definition) is 6. The summed E-state index contributed by atoms with van der Waals surface area (Å²) in [5.41, 5.74) is 2.16. The number of nitrogens with zero attached hydrogens (tertiary/aromatic N) is 2. The van der Waals surface area contributed by atoms with Gasteiger partial charge in [-0.25, -0.2) is 4.98 Å². The molecule has 0 saturated carbocycles. The molecule has 1 unspecified atom stereocenters. The summed E-state index contributed by atoms with van der Waals surface area (Å²) in [4.78, 5) is 31.1. The first kappa shape index (κ1) is 20.6. The van der Waals surface area contributed by atoms with E-state index in [4.69, 9.17) is 9.72 Å². The van der Waals surface area contributed by atoms with Crippen LogP contribution >= 0.6 is 23.5 Å². The van der Waals surface area contributed by atoms with Gasteiger partial charge in [0, 0.05) is 17.4 Å². The van der Waals surface area contributed by atoms with E-state index < -0.39 is 0 Å². The Labute approximate surface area is 183 Å². The molecule has 3 aromatic rings. The summed E-state index contributed by atoms with van der Waals surface area (Å²) in [6, 6.07) is 16.6. The first-order chi connectivity index (χ1) is 14.5. The minimum absolute atomic E-state index is 0.0921. The maximum atomic E-state index is 13.3. The van der Waals surface area contributed by atoms with E-state index in [1.54, 1.807) is 35.6 Å². The van der Waals surface area contributed by atoms with Gasteiger partial charge in [0.2, 0.25) is 5.91 Å². The van der Waals surface area contributed by atoms with Crippen molar-refractivity contribution < 1.29 is 9.53 Å². The van der Waals surface area contributed by atoms with Crippen LogP contribution in [0.2, 0.25) is 0 Å². The number of benzene rings is 2. The number of thioether (sulfide) groups is 2. The van der Waals surface area contributed by atoms with Gasteiger partial charge >= 0.3 is 0 Å². The third kappa shape index (κ3) is 4.39. The zero-order valence-corrected chi connectivity index (χ0v) is 18.3. The average Bonchev–Trinajstić information content (AvgIpc) is 3.14. The Hall–Kier alpha value is -2.71. The van der Waals surface area contributed by atoms with Crippen LogP contribution < -0.4 is 15.6 Å². The van der Waals surface area contributed by atoms with Crippen LogP contribution in [0.15, 0.2) is 69.4 Å². The summed E-state index contributed by atoms with van der Waals surface area (Å²) in [5.74, 6) is 0.712. The summed E-state index contributed by atoms with van der Waals surface area (Å²) < 4.78 is 6.81. The van der Waals surface area contributed by atoms with Crippen LogP contribution in [0.1, 0.15) is 12.6 Å². The smallest absolute Gasteiger partial charge is 0.272 e. The second-order valence-electron chi connectivity index (χ2n) is 6.84. The number of aromatic nitrogens is 2. The van der Waals surface area contributed by atoms with Gasteiger partial charge in [-0.15, -0.1) is 11.8 Å². The van der Waals surface area contributed by atoms with Gasteiger partial charge in [0.15, 0.2) is 5.16 Å². The predicted octanol–water partition coefficient (Wildman–Crippen LogP) is 4.01. The number of para-hydroxylation sites is 1. The van der Waals surface area contributed by atoms with E-state index in [-0.39, 0.29) is 17.2 Å². The first-order valence-electron chi connectivity index (χ1n) is 9.50. The number of amides is 1. The molecule has 1 aromatic heterocycles. The monoisotopic (exact) mass is 439 g/mol. The van der Waals surface area contributed by atoms with E-state index in [1.807, 2.05) is 42.5 Å². The Balaban J connectivity index is 1.64. The van der Waals surface area contributed by atoms with Crippen molar-refractivity contribution in [2.75, 3.05) is 18.2 Å². The number of rotatable bonds is 6. The van der Waals surface area contributed by atoms with Gasteiger partial charge in [0.05, 0.1) is 29.1 Å². The van der Waals surface area contributed by atoms with Gasteiger partial charge in [-0.3, -0.25) is 14.2 Å². The Kier molecular flexibility index (Phi) is 6.15. The second kappa shape index (κ2) is 8.97. The third-order valence-electron chi connectivity index (χ3n) is 4.60. The Morgan fingerprint density at radius 2 is 1.97 bits per heavy atom. The highest BCUT2D eigenvalue weighted by molar-refractivity contribution is 8.00. The van der Waals surface area contributed by atoms with Crippen LogP contribution in [0.4, 0.5) is 5.69 Å². The molecule has 6 nitrogen and oxygen atoms in total. The zero-order chi connectivity index (χ0) is 21.1. The third-order valence-corrected chi connectivity index (χ3v) is 6.76. The van der Waals surface area contributed by atoms with E-state index in [2.05, 4.69) is 12.2 Å². The number of hydrogen-bond donors (Lipinski definition) is 1. The van der Waals surface area contributed by atoms with Gasteiger partial charge < -0.3 is 10.1 Å². The lowest BCUT2D eigenvalue weighted by Crippen LogP contribution is -2.24. The molecule has 8 heteroatoms. The first-order valence-corrected chi connectivity index (χ1v) is 11.4. The van der Waals surface area contributed by atoms with E-state index in [1.165, 1.54) is 11.8 Å². The molecule has 0 radical (unpaired) electrons. The van der Waals surface area contributed by atoms with E-state index in [9.17, 15) is 9.59 Å². The minimum Gasteiger partial charge on any atom is -0.497 e. The number of fused-ring (bicyclic) bond motifs is 1. The molecule has 1 aliphatic heterocycles. The summed E-state index contributed by atoms with van der Waals surface area (Å²) in [7, 11) is 1.60. The highest BCUT2D eigenvalue weighted by Gasteiger charge is 2.27. The van der Waals surface area contributed by atoms with Crippen LogP contribution in [0, 0.1) is 0 Å². The van der Waals surface area contributed by atoms with Gasteiger partial charge in [0.1, 0.15) is 5.75 Å². The molecule has 0 saturated heterocycles. The molecule has 0 spiro atoms. The summed E-state index contributed by atoms with van der Waals surface area (Å²) >= 11 is 2.82. The lowest BCUT2D eigenvalue weighted by molar-refractivity contribution is -0.113.